The molecule has 0 fully saturated rings. The normalized spacial score (nSPS) is 12.4. The summed E-state index contributed by atoms with van der Waals surface area (Å²) in [5.74, 6) is 0.361. The van der Waals surface area contributed by atoms with Crippen molar-refractivity contribution in [3.05, 3.63) is 50.9 Å². The summed E-state index contributed by atoms with van der Waals surface area (Å²) in [6, 6.07) is 8.34. The van der Waals surface area contributed by atoms with Crippen molar-refractivity contribution >= 4 is 22.9 Å². The number of ether oxygens (including phenoxy) is 1. The highest BCUT2D eigenvalue weighted by atomic mass is 35.5. The van der Waals surface area contributed by atoms with Gasteiger partial charge in [0.05, 0.1) is 4.34 Å². The number of benzene rings is 1. The van der Waals surface area contributed by atoms with Crippen molar-refractivity contribution in [1.82, 2.24) is 0 Å². The first-order chi connectivity index (χ1) is 8.60. The van der Waals surface area contributed by atoms with Crippen molar-refractivity contribution in [3.63, 3.8) is 0 Å². The number of thiophene rings is 1. The zero-order chi connectivity index (χ0) is 13.1. The molecule has 2 aromatic rings. The summed E-state index contributed by atoms with van der Waals surface area (Å²) in [5, 5.41) is 0. The molecule has 0 aliphatic heterocycles. The van der Waals surface area contributed by atoms with Gasteiger partial charge in [0.25, 0.3) is 0 Å². The van der Waals surface area contributed by atoms with E-state index in [1.165, 1.54) is 17.4 Å². The average molecular weight is 286 g/mol. The van der Waals surface area contributed by atoms with E-state index in [4.69, 9.17) is 22.1 Å². The summed E-state index contributed by atoms with van der Waals surface area (Å²) in [6.07, 6.45) is -0.257. The molecular formula is C13H13ClFNOS. The third-order valence-electron chi connectivity index (χ3n) is 2.53. The van der Waals surface area contributed by atoms with Gasteiger partial charge in [0.1, 0.15) is 17.7 Å². The van der Waals surface area contributed by atoms with E-state index in [0.29, 0.717) is 22.2 Å². The quantitative estimate of drug-likeness (QED) is 0.924. The van der Waals surface area contributed by atoms with Gasteiger partial charge in [-0.15, -0.1) is 11.3 Å². The minimum Gasteiger partial charge on any atom is -0.484 e. The number of hydrogen-bond donors (Lipinski definition) is 1. The van der Waals surface area contributed by atoms with Crippen LogP contribution in [0.1, 0.15) is 16.5 Å². The number of aryl methyl sites for hydroxylation is 1. The average Bonchev–Trinajstić information content (AvgIpc) is 2.77. The fourth-order valence-corrected chi connectivity index (χ4v) is 2.68. The van der Waals surface area contributed by atoms with Crippen LogP contribution < -0.4 is 10.5 Å². The fraction of sp³-hybridized carbons (Fsp3) is 0.231. The number of halogens is 2. The Hall–Kier alpha value is -1.10. The fourth-order valence-electron chi connectivity index (χ4n) is 1.58. The van der Waals surface area contributed by atoms with Gasteiger partial charge in [-0.1, -0.05) is 11.6 Å². The van der Waals surface area contributed by atoms with E-state index in [2.05, 4.69) is 0 Å². The molecule has 5 heteroatoms. The summed E-state index contributed by atoms with van der Waals surface area (Å²) in [6.45, 7) is 2.04. The second kappa shape index (κ2) is 5.69. The lowest BCUT2D eigenvalue weighted by Gasteiger charge is -2.16. The number of rotatable bonds is 4. The van der Waals surface area contributed by atoms with Crippen LogP contribution >= 0.6 is 22.9 Å². The van der Waals surface area contributed by atoms with Gasteiger partial charge in [0.2, 0.25) is 0 Å². The van der Waals surface area contributed by atoms with Gasteiger partial charge in [-0.2, -0.15) is 0 Å². The molecule has 2 rings (SSSR count). The maximum Gasteiger partial charge on any atom is 0.145 e. The minimum atomic E-state index is -0.257. The van der Waals surface area contributed by atoms with Crippen LogP contribution in [0.15, 0.2) is 30.3 Å². The first-order valence-corrected chi connectivity index (χ1v) is 6.67. The molecule has 0 saturated heterocycles. The van der Waals surface area contributed by atoms with Crippen molar-refractivity contribution in [1.29, 1.82) is 0 Å². The van der Waals surface area contributed by atoms with Gasteiger partial charge in [-0.3, -0.25) is 0 Å². The topological polar surface area (TPSA) is 35.2 Å². The van der Waals surface area contributed by atoms with Gasteiger partial charge >= 0.3 is 0 Å². The lowest BCUT2D eigenvalue weighted by Crippen LogP contribution is -2.17. The molecule has 0 aliphatic rings. The molecule has 18 heavy (non-hydrogen) atoms. The van der Waals surface area contributed by atoms with E-state index in [0.717, 1.165) is 4.88 Å². The smallest absolute Gasteiger partial charge is 0.145 e. The van der Waals surface area contributed by atoms with Crippen LogP contribution in [0, 0.1) is 12.7 Å². The van der Waals surface area contributed by atoms with E-state index < -0.39 is 0 Å². The van der Waals surface area contributed by atoms with Crippen LogP contribution in [-0.2, 0) is 0 Å². The molecule has 1 heterocycles. The second-order valence-corrected chi connectivity index (χ2v) is 5.64. The van der Waals surface area contributed by atoms with Crippen molar-refractivity contribution < 1.29 is 9.13 Å². The molecule has 0 spiro atoms. The summed E-state index contributed by atoms with van der Waals surface area (Å²) < 4.78 is 19.6. The Morgan fingerprint density at radius 1 is 1.39 bits per heavy atom. The summed E-state index contributed by atoms with van der Waals surface area (Å²) >= 11 is 7.32. The van der Waals surface area contributed by atoms with E-state index in [1.807, 2.05) is 12.1 Å². The van der Waals surface area contributed by atoms with Crippen LogP contribution in [0.2, 0.25) is 4.34 Å². The Balaban J connectivity index is 2.17. The van der Waals surface area contributed by atoms with Crippen LogP contribution in [0.5, 0.6) is 5.75 Å². The summed E-state index contributed by atoms with van der Waals surface area (Å²) in [4.78, 5) is 0.962. The second-order valence-electron chi connectivity index (χ2n) is 3.90. The highest BCUT2D eigenvalue weighted by molar-refractivity contribution is 7.16. The van der Waals surface area contributed by atoms with Crippen molar-refractivity contribution in [2.45, 2.75) is 13.0 Å². The van der Waals surface area contributed by atoms with E-state index in [-0.39, 0.29) is 11.9 Å². The lowest BCUT2D eigenvalue weighted by molar-refractivity contribution is 0.217. The Labute approximate surface area is 114 Å². The largest absolute Gasteiger partial charge is 0.484 e. The molecule has 0 radical (unpaired) electrons. The van der Waals surface area contributed by atoms with Gasteiger partial charge in [-0.05, 0) is 42.8 Å². The van der Waals surface area contributed by atoms with Crippen LogP contribution in [-0.4, -0.2) is 6.54 Å². The van der Waals surface area contributed by atoms with Crippen molar-refractivity contribution in [3.8, 4) is 5.75 Å². The molecule has 2 N–H and O–H groups in total. The molecule has 1 aromatic carbocycles. The third-order valence-corrected chi connectivity index (χ3v) is 3.86. The summed E-state index contributed by atoms with van der Waals surface area (Å²) in [5.41, 5.74) is 6.24. The maximum absolute atomic E-state index is 13.1. The molecule has 0 amide bonds. The molecular weight excluding hydrogens is 273 g/mol. The Bertz CT molecular complexity index is 544. The van der Waals surface area contributed by atoms with Crippen LogP contribution in [0.4, 0.5) is 4.39 Å². The first kappa shape index (κ1) is 13.3. The van der Waals surface area contributed by atoms with E-state index in [9.17, 15) is 4.39 Å². The maximum atomic E-state index is 13.1. The lowest BCUT2D eigenvalue weighted by atomic mass is 10.2. The molecule has 0 aliphatic carbocycles. The molecule has 1 unspecified atom stereocenters. The van der Waals surface area contributed by atoms with Crippen LogP contribution in [0.25, 0.3) is 0 Å². The SMILES string of the molecule is Cc1cc(OC(CN)c2ccc(Cl)s2)ccc1F. The standard InChI is InChI=1S/C13H13ClFNOS/c1-8-6-9(2-3-10(8)15)17-11(7-16)12-4-5-13(14)18-12/h2-6,11H,7,16H2,1H3. The molecule has 0 bridgehead atoms. The van der Waals surface area contributed by atoms with E-state index >= 15 is 0 Å². The molecule has 0 saturated carbocycles. The van der Waals surface area contributed by atoms with Crippen molar-refractivity contribution in [2.24, 2.45) is 5.73 Å². The highest BCUT2D eigenvalue weighted by Crippen LogP contribution is 2.30. The molecule has 96 valence electrons. The Kier molecular flexibility index (Phi) is 4.22. The third kappa shape index (κ3) is 3.02. The monoisotopic (exact) mass is 285 g/mol. The molecule has 2 nitrogen and oxygen atoms in total. The van der Waals surface area contributed by atoms with Crippen molar-refractivity contribution in [2.75, 3.05) is 6.54 Å². The van der Waals surface area contributed by atoms with E-state index in [1.54, 1.807) is 19.1 Å². The predicted octanol–water partition coefficient (Wildman–Crippen LogP) is 3.93. The Morgan fingerprint density at radius 2 is 2.17 bits per heavy atom. The van der Waals surface area contributed by atoms with Gasteiger partial charge in [0.15, 0.2) is 0 Å². The summed E-state index contributed by atoms with van der Waals surface area (Å²) in [7, 11) is 0. The zero-order valence-electron chi connectivity index (χ0n) is 9.82. The predicted molar refractivity (Wildman–Crippen MR) is 72.9 cm³/mol. The number of hydrogen-bond acceptors (Lipinski definition) is 3. The minimum absolute atomic E-state index is 0.245. The van der Waals surface area contributed by atoms with Crippen LogP contribution in [0.3, 0.4) is 0 Å². The first-order valence-electron chi connectivity index (χ1n) is 5.48. The van der Waals surface area contributed by atoms with Gasteiger partial charge in [0, 0.05) is 11.4 Å². The number of nitrogens with two attached hydrogens (primary N) is 1. The van der Waals surface area contributed by atoms with Gasteiger partial charge in [-0.25, -0.2) is 4.39 Å². The molecule has 1 aromatic heterocycles. The molecule has 1 atom stereocenters. The Morgan fingerprint density at radius 3 is 2.72 bits per heavy atom. The highest BCUT2D eigenvalue weighted by Gasteiger charge is 2.14. The van der Waals surface area contributed by atoms with Gasteiger partial charge < -0.3 is 10.5 Å². The zero-order valence-corrected chi connectivity index (χ0v) is 11.4.